The van der Waals surface area contributed by atoms with E-state index in [9.17, 15) is 13.2 Å². The van der Waals surface area contributed by atoms with Crippen LogP contribution in [0.1, 0.15) is 28.3 Å². The molecule has 0 aliphatic heterocycles. The van der Waals surface area contributed by atoms with E-state index in [4.69, 9.17) is 4.74 Å². The molecule has 1 heterocycles. The second-order valence-electron chi connectivity index (χ2n) is 4.59. The maximum atomic E-state index is 12.5. The molecule has 2 aromatic rings. The summed E-state index contributed by atoms with van der Waals surface area (Å²) in [7, 11) is 0. The summed E-state index contributed by atoms with van der Waals surface area (Å²) in [6.45, 7) is 4.10. The van der Waals surface area contributed by atoms with E-state index >= 15 is 0 Å². The lowest BCUT2D eigenvalue weighted by atomic mass is 10.2. The van der Waals surface area contributed by atoms with E-state index in [-0.39, 0.29) is 5.92 Å². The van der Waals surface area contributed by atoms with E-state index in [1.165, 1.54) is 6.20 Å². The Morgan fingerprint density at radius 3 is 2.70 bits per heavy atom. The zero-order valence-corrected chi connectivity index (χ0v) is 11.9. The second kappa shape index (κ2) is 5.83. The molecule has 108 valence electrons. The van der Waals surface area contributed by atoms with Gasteiger partial charge < -0.3 is 4.74 Å². The molecular formula is C14H14F3NOS. The number of ether oxygens (including phenoxy) is 1. The van der Waals surface area contributed by atoms with Crippen LogP contribution in [-0.4, -0.2) is 11.6 Å². The van der Waals surface area contributed by atoms with Crippen molar-refractivity contribution in [2.45, 2.75) is 25.9 Å². The Bertz CT molecular complexity index is 580. The molecule has 6 heteroatoms. The predicted octanol–water partition coefficient (Wildman–Crippen LogP) is 4.65. The SMILES string of the molecule is Cc1cccc(OCC(C)c2cnc(C(F)(F)F)s2)c1. The lowest BCUT2D eigenvalue weighted by Gasteiger charge is -2.11. The maximum absolute atomic E-state index is 12.5. The monoisotopic (exact) mass is 301 g/mol. The van der Waals surface area contributed by atoms with Crippen molar-refractivity contribution in [3.63, 3.8) is 0 Å². The summed E-state index contributed by atoms with van der Waals surface area (Å²) in [5.41, 5.74) is 1.08. The molecule has 20 heavy (non-hydrogen) atoms. The van der Waals surface area contributed by atoms with Gasteiger partial charge in [0.15, 0.2) is 5.01 Å². The molecule has 0 spiro atoms. The third-order valence-electron chi connectivity index (χ3n) is 2.74. The number of aromatic nitrogens is 1. The van der Waals surface area contributed by atoms with E-state index in [2.05, 4.69) is 4.98 Å². The lowest BCUT2D eigenvalue weighted by Crippen LogP contribution is -2.06. The molecule has 0 saturated heterocycles. The van der Waals surface area contributed by atoms with Gasteiger partial charge in [-0.05, 0) is 24.6 Å². The minimum absolute atomic E-state index is 0.135. The Hall–Kier alpha value is -1.56. The van der Waals surface area contributed by atoms with Gasteiger partial charge in [-0.15, -0.1) is 11.3 Å². The molecule has 1 atom stereocenters. The van der Waals surface area contributed by atoms with Crippen molar-refractivity contribution in [1.82, 2.24) is 4.98 Å². The van der Waals surface area contributed by atoms with Gasteiger partial charge in [-0.25, -0.2) is 4.98 Å². The van der Waals surface area contributed by atoms with Gasteiger partial charge in [-0.2, -0.15) is 13.2 Å². The van der Waals surface area contributed by atoms with Crippen LogP contribution in [0.15, 0.2) is 30.5 Å². The van der Waals surface area contributed by atoms with E-state index in [1.807, 2.05) is 38.1 Å². The Balaban J connectivity index is 1.98. The summed E-state index contributed by atoms with van der Waals surface area (Å²) in [6, 6.07) is 7.55. The highest BCUT2D eigenvalue weighted by atomic mass is 32.1. The van der Waals surface area contributed by atoms with E-state index < -0.39 is 11.2 Å². The highest BCUT2D eigenvalue weighted by Crippen LogP contribution is 2.34. The minimum atomic E-state index is -4.37. The van der Waals surface area contributed by atoms with Crippen LogP contribution in [0.2, 0.25) is 0 Å². The average molecular weight is 301 g/mol. The predicted molar refractivity (Wildman–Crippen MR) is 72.2 cm³/mol. The van der Waals surface area contributed by atoms with Crippen LogP contribution in [0.4, 0.5) is 13.2 Å². The zero-order chi connectivity index (χ0) is 14.8. The van der Waals surface area contributed by atoms with Crippen molar-refractivity contribution in [1.29, 1.82) is 0 Å². The molecule has 0 fully saturated rings. The molecule has 2 nitrogen and oxygen atoms in total. The van der Waals surface area contributed by atoms with E-state index in [0.717, 1.165) is 11.3 Å². The second-order valence-corrected chi connectivity index (χ2v) is 5.66. The topological polar surface area (TPSA) is 22.1 Å². The molecule has 0 radical (unpaired) electrons. The summed E-state index contributed by atoms with van der Waals surface area (Å²) in [6.07, 6.45) is -3.10. The highest BCUT2D eigenvalue weighted by Gasteiger charge is 2.35. The van der Waals surface area contributed by atoms with Crippen molar-refractivity contribution in [3.05, 3.63) is 45.9 Å². The number of aryl methyl sites for hydroxylation is 1. The fourth-order valence-corrected chi connectivity index (χ4v) is 2.47. The van der Waals surface area contributed by atoms with Crippen LogP contribution >= 0.6 is 11.3 Å². The van der Waals surface area contributed by atoms with Crippen LogP contribution in [0.25, 0.3) is 0 Å². The van der Waals surface area contributed by atoms with Crippen LogP contribution in [0, 0.1) is 6.92 Å². The molecule has 0 N–H and O–H groups in total. The van der Waals surface area contributed by atoms with Crippen LogP contribution in [0.3, 0.4) is 0 Å². The van der Waals surface area contributed by atoms with Gasteiger partial charge in [-0.3, -0.25) is 0 Å². The van der Waals surface area contributed by atoms with Gasteiger partial charge in [0.05, 0.1) is 6.61 Å². The fourth-order valence-electron chi connectivity index (χ4n) is 1.65. The standard InChI is InChI=1S/C14H14F3NOS/c1-9-4-3-5-11(6-9)19-8-10(2)12-7-18-13(20-12)14(15,16)17/h3-7,10H,8H2,1-2H3. The Kier molecular flexibility index (Phi) is 4.32. The molecule has 1 aromatic carbocycles. The number of hydrogen-bond donors (Lipinski definition) is 0. The lowest BCUT2D eigenvalue weighted by molar-refractivity contribution is -0.137. The molecule has 2 rings (SSSR count). The summed E-state index contributed by atoms with van der Waals surface area (Å²) in [5, 5.41) is -0.810. The number of thiazole rings is 1. The molecule has 0 amide bonds. The summed E-state index contributed by atoms with van der Waals surface area (Å²) in [5.74, 6) is 0.585. The van der Waals surface area contributed by atoms with E-state index in [0.29, 0.717) is 22.8 Å². The third-order valence-corrected chi connectivity index (χ3v) is 4.02. The molecule has 0 saturated carbocycles. The van der Waals surface area contributed by atoms with Gasteiger partial charge in [0.1, 0.15) is 5.75 Å². The van der Waals surface area contributed by atoms with Crippen molar-refractivity contribution >= 4 is 11.3 Å². The quantitative estimate of drug-likeness (QED) is 0.820. The number of halogens is 3. The maximum Gasteiger partial charge on any atom is 0.443 e. The van der Waals surface area contributed by atoms with Crippen LogP contribution < -0.4 is 4.74 Å². The average Bonchev–Trinajstić information content (AvgIpc) is 2.85. The third kappa shape index (κ3) is 3.72. The molecule has 0 bridgehead atoms. The minimum Gasteiger partial charge on any atom is -0.493 e. The van der Waals surface area contributed by atoms with Gasteiger partial charge in [0.25, 0.3) is 0 Å². The van der Waals surface area contributed by atoms with Crippen molar-refractivity contribution in [3.8, 4) is 5.75 Å². The van der Waals surface area contributed by atoms with Gasteiger partial charge in [-0.1, -0.05) is 19.1 Å². The first kappa shape index (κ1) is 14.8. The van der Waals surface area contributed by atoms with E-state index in [1.54, 1.807) is 0 Å². The smallest absolute Gasteiger partial charge is 0.443 e. The summed E-state index contributed by atoms with van der Waals surface area (Å²) in [4.78, 5) is 3.99. The normalized spacial score (nSPS) is 13.2. The molecule has 1 unspecified atom stereocenters. The van der Waals surface area contributed by atoms with Gasteiger partial charge >= 0.3 is 6.18 Å². The molecule has 1 aromatic heterocycles. The first-order chi connectivity index (χ1) is 9.36. The number of hydrogen-bond acceptors (Lipinski definition) is 3. The fraction of sp³-hybridized carbons (Fsp3) is 0.357. The number of nitrogens with zero attached hydrogens (tertiary/aromatic N) is 1. The number of rotatable bonds is 4. The summed E-state index contributed by atoms with van der Waals surface area (Å²) < 4.78 is 43.0. The number of alkyl halides is 3. The summed E-state index contributed by atoms with van der Waals surface area (Å²) >= 11 is 0.670. The molecular weight excluding hydrogens is 287 g/mol. The van der Waals surface area contributed by atoms with Gasteiger partial charge in [0, 0.05) is 17.0 Å². The Morgan fingerprint density at radius 1 is 1.35 bits per heavy atom. The Morgan fingerprint density at radius 2 is 2.10 bits per heavy atom. The first-order valence-electron chi connectivity index (χ1n) is 6.08. The molecule has 0 aliphatic carbocycles. The van der Waals surface area contributed by atoms with Crippen molar-refractivity contribution in [2.75, 3.05) is 6.61 Å². The molecule has 0 aliphatic rings. The van der Waals surface area contributed by atoms with Crippen molar-refractivity contribution < 1.29 is 17.9 Å². The van der Waals surface area contributed by atoms with Crippen LogP contribution in [-0.2, 0) is 6.18 Å². The number of benzene rings is 1. The zero-order valence-electron chi connectivity index (χ0n) is 11.1. The Labute approximate surface area is 119 Å². The largest absolute Gasteiger partial charge is 0.493 e. The van der Waals surface area contributed by atoms with Crippen LogP contribution in [0.5, 0.6) is 5.75 Å². The van der Waals surface area contributed by atoms with Crippen molar-refractivity contribution in [2.24, 2.45) is 0 Å². The highest BCUT2D eigenvalue weighted by molar-refractivity contribution is 7.11. The first-order valence-corrected chi connectivity index (χ1v) is 6.90. The van der Waals surface area contributed by atoms with Gasteiger partial charge in [0.2, 0.25) is 0 Å².